The zero-order valence-corrected chi connectivity index (χ0v) is 20.6. The zero-order chi connectivity index (χ0) is 26.9. The second-order valence-electron chi connectivity index (χ2n) is 9.22. The summed E-state index contributed by atoms with van der Waals surface area (Å²) in [4.78, 5) is 12.6. The largest absolute Gasteiger partial charge is 0.434 e. The van der Waals surface area contributed by atoms with Crippen LogP contribution < -0.4 is 9.64 Å². The van der Waals surface area contributed by atoms with Crippen molar-refractivity contribution in [2.75, 3.05) is 37.6 Å². The van der Waals surface area contributed by atoms with Crippen molar-refractivity contribution in [1.82, 2.24) is 19.4 Å². The van der Waals surface area contributed by atoms with Crippen molar-refractivity contribution in [1.29, 1.82) is 0 Å². The van der Waals surface area contributed by atoms with Gasteiger partial charge in [0.05, 0.1) is 24.1 Å². The van der Waals surface area contributed by atoms with Crippen LogP contribution in [0, 0.1) is 6.92 Å². The molecule has 1 saturated heterocycles. The first-order chi connectivity index (χ1) is 18.2. The SMILES string of the molecule is Cc1nc2ccc(-c3ccc(N4CCN(CC(F)(F)F)CC4)nc3)cc2n1Cc1ccccc1OC(F)F. The van der Waals surface area contributed by atoms with Gasteiger partial charge in [0.1, 0.15) is 17.4 Å². The Bertz CT molecular complexity index is 1400. The minimum atomic E-state index is -4.19. The third kappa shape index (κ3) is 5.88. The Hall–Kier alpha value is -3.73. The van der Waals surface area contributed by atoms with Crippen LogP contribution in [0.5, 0.6) is 5.75 Å². The molecule has 0 saturated carbocycles. The highest BCUT2D eigenvalue weighted by atomic mass is 19.4. The molecule has 5 rings (SSSR count). The molecule has 0 unspecified atom stereocenters. The molecule has 1 aliphatic rings. The number of fused-ring (bicyclic) bond motifs is 1. The Kier molecular flexibility index (Phi) is 7.20. The molecule has 0 bridgehead atoms. The fraction of sp³-hybridized carbons (Fsp3) is 0.333. The van der Waals surface area contributed by atoms with Crippen LogP contribution in [-0.4, -0.2) is 64.9 Å². The number of aryl methyl sites for hydroxylation is 1. The van der Waals surface area contributed by atoms with Gasteiger partial charge in [-0.05, 0) is 42.8 Å². The maximum atomic E-state index is 12.9. The number of anilines is 1. The van der Waals surface area contributed by atoms with E-state index in [2.05, 4.69) is 9.97 Å². The first-order valence-corrected chi connectivity index (χ1v) is 12.2. The third-order valence-corrected chi connectivity index (χ3v) is 6.64. The monoisotopic (exact) mass is 531 g/mol. The summed E-state index contributed by atoms with van der Waals surface area (Å²) in [6.45, 7) is -0.0255. The average molecular weight is 532 g/mol. The molecule has 0 radical (unpaired) electrons. The van der Waals surface area contributed by atoms with Crippen molar-refractivity contribution < 1.29 is 26.7 Å². The lowest BCUT2D eigenvalue weighted by atomic mass is 10.1. The molecule has 0 aliphatic carbocycles. The van der Waals surface area contributed by atoms with Crippen LogP contribution in [0.1, 0.15) is 11.4 Å². The van der Waals surface area contributed by atoms with Crippen molar-refractivity contribution in [3.05, 3.63) is 72.2 Å². The molecule has 0 amide bonds. The van der Waals surface area contributed by atoms with E-state index in [0.717, 1.165) is 33.8 Å². The molecule has 4 aromatic rings. The molecule has 0 N–H and O–H groups in total. The topological polar surface area (TPSA) is 46.4 Å². The van der Waals surface area contributed by atoms with Gasteiger partial charge in [0.2, 0.25) is 0 Å². The minimum Gasteiger partial charge on any atom is -0.434 e. The molecule has 6 nitrogen and oxygen atoms in total. The van der Waals surface area contributed by atoms with Crippen LogP contribution in [-0.2, 0) is 6.54 Å². The number of ether oxygens (including phenoxy) is 1. The van der Waals surface area contributed by atoms with Gasteiger partial charge in [0.15, 0.2) is 0 Å². The van der Waals surface area contributed by atoms with E-state index in [1.165, 1.54) is 11.0 Å². The van der Waals surface area contributed by atoms with E-state index in [-0.39, 0.29) is 5.75 Å². The fourth-order valence-electron chi connectivity index (χ4n) is 4.77. The number of hydrogen-bond donors (Lipinski definition) is 0. The number of pyridine rings is 1. The van der Waals surface area contributed by atoms with Crippen molar-refractivity contribution in [2.24, 2.45) is 0 Å². The fourth-order valence-corrected chi connectivity index (χ4v) is 4.77. The number of alkyl halides is 5. The number of imidazole rings is 1. The van der Waals surface area contributed by atoms with Crippen LogP contribution in [0.3, 0.4) is 0 Å². The number of para-hydroxylation sites is 1. The van der Waals surface area contributed by atoms with Crippen molar-refractivity contribution in [3.63, 3.8) is 0 Å². The summed E-state index contributed by atoms with van der Waals surface area (Å²) in [6, 6.07) is 16.3. The summed E-state index contributed by atoms with van der Waals surface area (Å²) in [6.07, 6.45) is -2.45. The smallest absolute Gasteiger partial charge is 0.401 e. The van der Waals surface area contributed by atoms with Crippen LogP contribution >= 0.6 is 0 Å². The zero-order valence-electron chi connectivity index (χ0n) is 20.6. The molecular formula is C27H26F5N5O. The van der Waals surface area contributed by atoms with Crippen molar-refractivity contribution >= 4 is 16.9 Å². The average Bonchev–Trinajstić information content (AvgIpc) is 3.18. The van der Waals surface area contributed by atoms with Crippen LogP contribution in [0.4, 0.5) is 27.8 Å². The second kappa shape index (κ2) is 10.6. The summed E-state index contributed by atoms with van der Waals surface area (Å²) < 4.78 is 70.4. The number of piperazine rings is 1. The van der Waals surface area contributed by atoms with E-state index in [4.69, 9.17) is 4.74 Å². The van der Waals surface area contributed by atoms with E-state index in [1.54, 1.807) is 24.4 Å². The molecule has 0 atom stereocenters. The predicted octanol–water partition coefficient (Wildman–Crippen LogP) is 5.74. The van der Waals surface area contributed by atoms with Gasteiger partial charge in [0, 0.05) is 43.5 Å². The van der Waals surface area contributed by atoms with Crippen LogP contribution in [0.2, 0.25) is 0 Å². The Morgan fingerprint density at radius 2 is 1.68 bits per heavy atom. The van der Waals surface area contributed by atoms with Gasteiger partial charge in [-0.15, -0.1) is 0 Å². The number of rotatable bonds is 7. The van der Waals surface area contributed by atoms with Crippen molar-refractivity contribution in [3.8, 4) is 16.9 Å². The Labute approximate surface area is 216 Å². The van der Waals surface area contributed by atoms with Gasteiger partial charge in [-0.2, -0.15) is 22.0 Å². The van der Waals surface area contributed by atoms with Gasteiger partial charge in [-0.25, -0.2) is 9.97 Å². The lowest BCUT2D eigenvalue weighted by Crippen LogP contribution is -2.49. The summed E-state index contributed by atoms with van der Waals surface area (Å²) in [5, 5.41) is 0. The third-order valence-electron chi connectivity index (χ3n) is 6.64. The summed E-state index contributed by atoms with van der Waals surface area (Å²) in [5.41, 5.74) is 4.02. The number of hydrogen-bond acceptors (Lipinski definition) is 5. The molecule has 2 aromatic heterocycles. The quantitative estimate of drug-likeness (QED) is 0.285. The van der Waals surface area contributed by atoms with Crippen molar-refractivity contribution in [2.45, 2.75) is 26.3 Å². The Morgan fingerprint density at radius 3 is 2.37 bits per heavy atom. The number of benzene rings is 2. The first kappa shape index (κ1) is 25.9. The molecular weight excluding hydrogens is 505 g/mol. The molecule has 2 aromatic carbocycles. The van der Waals surface area contributed by atoms with E-state index in [1.807, 2.05) is 46.7 Å². The van der Waals surface area contributed by atoms with Gasteiger partial charge in [-0.3, -0.25) is 4.90 Å². The van der Waals surface area contributed by atoms with E-state index < -0.39 is 19.3 Å². The van der Waals surface area contributed by atoms with Gasteiger partial charge >= 0.3 is 12.8 Å². The Balaban J connectivity index is 1.34. The number of halogens is 5. The normalized spacial score (nSPS) is 15.0. The molecule has 1 aliphatic heterocycles. The van der Waals surface area contributed by atoms with E-state index in [0.29, 0.717) is 38.3 Å². The summed E-state index contributed by atoms with van der Waals surface area (Å²) in [5.74, 6) is 1.58. The van der Waals surface area contributed by atoms with Gasteiger partial charge < -0.3 is 14.2 Å². The standard InChI is InChI=1S/C27H26F5N5O/c1-18-34-22-8-6-19(14-23(22)37(18)16-21-4-2-3-5-24(21)38-26(28)29)20-7-9-25(33-15-20)36-12-10-35(11-13-36)17-27(30,31)32/h2-9,14-15,26H,10-13,16-17H2,1H3. The highest BCUT2D eigenvalue weighted by Crippen LogP contribution is 2.29. The second-order valence-corrected chi connectivity index (χ2v) is 9.22. The first-order valence-electron chi connectivity index (χ1n) is 12.2. The molecule has 11 heteroatoms. The van der Waals surface area contributed by atoms with E-state index in [9.17, 15) is 22.0 Å². The lowest BCUT2D eigenvalue weighted by Gasteiger charge is -2.35. The van der Waals surface area contributed by atoms with Gasteiger partial charge in [-0.1, -0.05) is 24.3 Å². The van der Waals surface area contributed by atoms with Crippen LogP contribution in [0.15, 0.2) is 60.8 Å². The van der Waals surface area contributed by atoms with Crippen LogP contribution in [0.25, 0.3) is 22.2 Å². The molecule has 200 valence electrons. The summed E-state index contributed by atoms with van der Waals surface area (Å²) >= 11 is 0. The molecule has 38 heavy (non-hydrogen) atoms. The highest BCUT2D eigenvalue weighted by Gasteiger charge is 2.32. The molecule has 0 spiro atoms. The Morgan fingerprint density at radius 1 is 0.947 bits per heavy atom. The number of nitrogens with zero attached hydrogens (tertiary/aromatic N) is 5. The highest BCUT2D eigenvalue weighted by molar-refractivity contribution is 5.83. The van der Waals surface area contributed by atoms with Gasteiger partial charge in [0.25, 0.3) is 0 Å². The maximum Gasteiger partial charge on any atom is 0.401 e. The lowest BCUT2D eigenvalue weighted by molar-refractivity contribution is -0.146. The minimum absolute atomic E-state index is 0.124. The predicted molar refractivity (Wildman–Crippen MR) is 135 cm³/mol. The molecule has 3 heterocycles. The molecule has 1 fully saturated rings. The van der Waals surface area contributed by atoms with E-state index >= 15 is 0 Å². The maximum absolute atomic E-state index is 12.9. The summed E-state index contributed by atoms with van der Waals surface area (Å²) in [7, 11) is 0. The number of aromatic nitrogens is 3.